The number of pyridine rings is 1. The van der Waals surface area contributed by atoms with Crippen molar-refractivity contribution >= 4 is 32.4 Å². The van der Waals surface area contributed by atoms with Crippen molar-refractivity contribution in [1.29, 1.82) is 0 Å². The minimum atomic E-state index is 0.983. The van der Waals surface area contributed by atoms with Gasteiger partial charge in [-0.1, -0.05) is 60.7 Å². The highest BCUT2D eigenvalue weighted by molar-refractivity contribution is 6.09. The summed E-state index contributed by atoms with van der Waals surface area (Å²) in [5, 5.41) is 6.52. The molecule has 0 fully saturated rings. The van der Waals surface area contributed by atoms with Gasteiger partial charge >= 0.3 is 0 Å². The fraction of sp³-hybridized carbons (Fsp3) is 0.0800. The zero-order chi connectivity index (χ0) is 17.3. The lowest BCUT2D eigenvalue weighted by molar-refractivity contribution is 1.21. The van der Waals surface area contributed by atoms with Gasteiger partial charge in [0.2, 0.25) is 0 Å². The van der Waals surface area contributed by atoms with Crippen LogP contribution in [-0.2, 0) is 6.42 Å². The normalized spacial score (nSPS) is 12.7. The number of benzene rings is 4. The van der Waals surface area contributed by atoms with E-state index in [1.165, 1.54) is 54.9 Å². The average molecular weight is 331 g/mol. The Morgan fingerprint density at radius 3 is 2.42 bits per heavy atom. The standard InChI is InChI=1S/C25H17N/c1-15-19-7-4-5-9-24(19)26-25-21(15)13-18-12-17-11-10-16-6-2-3-8-20(16)22(17)14-23(18)25/h2-12,14H,13H2,1H3. The van der Waals surface area contributed by atoms with Crippen LogP contribution in [0.4, 0.5) is 0 Å². The molecule has 0 amide bonds. The van der Waals surface area contributed by atoms with E-state index in [1.54, 1.807) is 0 Å². The van der Waals surface area contributed by atoms with E-state index < -0.39 is 0 Å². The number of aryl methyl sites for hydroxylation is 1. The van der Waals surface area contributed by atoms with E-state index in [0.29, 0.717) is 0 Å². The van der Waals surface area contributed by atoms with Crippen LogP contribution in [0.3, 0.4) is 0 Å². The fourth-order valence-corrected chi connectivity index (χ4v) is 4.51. The van der Waals surface area contributed by atoms with E-state index in [4.69, 9.17) is 4.98 Å². The molecule has 0 spiro atoms. The van der Waals surface area contributed by atoms with E-state index in [9.17, 15) is 0 Å². The molecular formula is C25H17N. The van der Waals surface area contributed by atoms with Gasteiger partial charge in [-0.3, -0.25) is 0 Å². The number of nitrogens with zero attached hydrogens (tertiary/aromatic N) is 1. The van der Waals surface area contributed by atoms with Gasteiger partial charge in [0.1, 0.15) is 0 Å². The molecule has 1 nitrogen and oxygen atoms in total. The minimum absolute atomic E-state index is 0.983. The highest BCUT2D eigenvalue weighted by Crippen LogP contribution is 2.42. The molecule has 1 heteroatoms. The van der Waals surface area contributed by atoms with Crippen molar-refractivity contribution in [2.24, 2.45) is 0 Å². The maximum atomic E-state index is 5.04. The molecule has 6 rings (SSSR count). The van der Waals surface area contributed by atoms with Crippen LogP contribution in [0.1, 0.15) is 16.7 Å². The van der Waals surface area contributed by atoms with E-state index in [2.05, 4.69) is 79.7 Å². The molecule has 1 aliphatic carbocycles. The molecular weight excluding hydrogens is 314 g/mol. The Kier molecular flexibility index (Phi) is 2.66. The SMILES string of the molecule is Cc1c2c(nc3ccccc13)-c1cc3c(ccc4ccccc43)cc1C2. The van der Waals surface area contributed by atoms with E-state index in [0.717, 1.165) is 11.9 Å². The van der Waals surface area contributed by atoms with Gasteiger partial charge < -0.3 is 0 Å². The second-order valence-electron chi connectivity index (χ2n) is 7.28. The topological polar surface area (TPSA) is 12.9 Å². The Morgan fingerprint density at radius 1 is 0.731 bits per heavy atom. The molecule has 4 aromatic carbocycles. The number of hydrogen-bond acceptors (Lipinski definition) is 1. The molecule has 0 N–H and O–H groups in total. The number of fused-ring (bicyclic) bond motifs is 7. The Labute approximate surface area is 151 Å². The summed E-state index contributed by atoms with van der Waals surface area (Å²) in [5.41, 5.74) is 7.72. The highest BCUT2D eigenvalue weighted by Gasteiger charge is 2.24. The van der Waals surface area contributed by atoms with Crippen molar-refractivity contribution in [1.82, 2.24) is 4.98 Å². The molecule has 1 aromatic heterocycles. The summed E-state index contributed by atoms with van der Waals surface area (Å²) in [6.07, 6.45) is 0.983. The third kappa shape index (κ3) is 1.78. The molecule has 0 unspecified atom stereocenters. The Hall–Kier alpha value is -3.19. The van der Waals surface area contributed by atoms with Crippen molar-refractivity contribution in [2.45, 2.75) is 13.3 Å². The van der Waals surface area contributed by atoms with Crippen LogP contribution in [0.15, 0.2) is 72.8 Å². The van der Waals surface area contributed by atoms with E-state index in [-0.39, 0.29) is 0 Å². The fourth-order valence-electron chi connectivity index (χ4n) is 4.51. The lowest BCUT2D eigenvalue weighted by Crippen LogP contribution is -1.92. The molecule has 0 saturated carbocycles. The summed E-state index contributed by atoms with van der Waals surface area (Å²) in [6.45, 7) is 2.24. The number of aromatic nitrogens is 1. The number of hydrogen-bond donors (Lipinski definition) is 0. The monoisotopic (exact) mass is 331 g/mol. The summed E-state index contributed by atoms with van der Waals surface area (Å²) >= 11 is 0. The Balaban J connectivity index is 1.72. The second kappa shape index (κ2) is 4.92. The summed E-state index contributed by atoms with van der Waals surface area (Å²) < 4.78 is 0. The molecule has 0 aliphatic heterocycles. The largest absolute Gasteiger partial charge is 0.247 e. The molecule has 122 valence electrons. The van der Waals surface area contributed by atoms with Crippen LogP contribution >= 0.6 is 0 Å². The summed E-state index contributed by atoms with van der Waals surface area (Å²) in [7, 11) is 0. The van der Waals surface area contributed by atoms with Gasteiger partial charge in [0.15, 0.2) is 0 Å². The minimum Gasteiger partial charge on any atom is -0.247 e. The van der Waals surface area contributed by atoms with Crippen LogP contribution in [0, 0.1) is 6.92 Å². The van der Waals surface area contributed by atoms with Crippen LogP contribution in [0.25, 0.3) is 43.7 Å². The quantitative estimate of drug-likeness (QED) is 0.293. The lowest BCUT2D eigenvalue weighted by atomic mass is 9.97. The third-order valence-corrected chi connectivity index (χ3v) is 5.87. The lowest BCUT2D eigenvalue weighted by Gasteiger charge is -2.09. The van der Waals surface area contributed by atoms with Gasteiger partial charge in [-0.2, -0.15) is 0 Å². The summed E-state index contributed by atoms with van der Waals surface area (Å²) in [5.74, 6) is 0. The van der Waals surface area contributed by atoms with Gasteiger partial charge in [0, 0.05) is 17.4 Å². The van der Waals surface area contributed by atoms with Crippen LogP contribution < -0.4 is 0 Å². The molecule has 5 aromatic rings. The molecule has 0 bridgehead atoms. The Bertz CT molecular complexity index is 1360. The van der Waals surface area contributed by atoms with Crippen molar-refractivity contribution in [3.63, 3.8) is 0 Å². The van der Waals surface area contributed by atoms with Gasteiger partial charge in [0.05, 0.1) is 11.2 Å². The second-order valence-corrected chi connectivity index (χ2v) is 7.28. The number of para-hydroxylation sites is 1. The first-order valence-electron chi connectivity index (χ1n) is 9.12. The first kappa shape index (κ1) is 14.0. The predicted octanol–water partition coefficient (Wildman–Crippen LogP) is 6.42. The van der Waals surface area contributed by atoms with E-state index in [1.807, 2.05) is 0 Å². The van der Waals surface area contributed by atoms with Gasteiger partial charge in [0.25, 0.3) is 0 Å². The molecule has 1 aliphatic rings. The smallest absolute Gasteiger partial charge is 0.0750 e. The van der Waals surface area contributed by atoms with Gasteiger partial charge in [-0.25, -0.2) is 4.98 Å². The third-order valence-electron chi connectivity index (χ3n) is 5.87. The highest BCUT2D eigenvalue weighted by atomic mass is 14.7. The predicted molar refractivity (Wildman–Crippen MR) is 110 cm³/mol. The van der Waals surface area contributed by atoms with Crippen LogP contribution in [0.5, 0.6) is 0 Å². The van der Waals surface area contributed by atoms with Crippen molar-refractivity contribution in [2.75, 3.05) is 0 Å². The van der Waals surface area contributed by atoms with Crippen LogP contribution in [0.2, 0.25) is 0 Å². The molecule has 26 heavy (non-hydrogen) atoms. The molecule has 0 atom stereocenters. The van der Waals surface area contributed by atoms with Gasteiger partial charge in [-0.05, 0) is 57.3 Å². The van der Waals surface area contributed by atoms with Crippen molar-refractivity contribution in [3.8, 4) is 11.3 Å². The van der Waals surface area contributed by atoms with Crippen molar-refractivity contribution in [3.05, 3.63) is 89.5 Å². The van der Waals surface area contributed by atoms with Crippen molar-refractivity contribution < 1.29 is 0 Å². The zero-order valence-electron chi connectivity index (χ0n) is 14.6. The maximum Gasteiger partial charge on any atom is 0.0750 e. The number of rotatable bonds is 0. The van der Waals surface area contributed by atoms with Gasteiger partial charge in [-0.15, -0.1) is 0 Å². The van der Waals surface area contributed by atoms with E-state index >= 15 is 0 Å². The summed E-state index contributed by atoms with van der Waals surface area (Å²) in [4.78, 5) is 5.04. The maximum absolute atomic E-state index is 5.04. The average Bonchev–Trinajstić information content (AvgIpc) is 3.04. The van der Waals surface area contributed by atoms with Crippen LogP contribution in [-0.4, -0.2) is 4.98 Å². The molecule has 0 saturated heterocycles. The molecule has 1 heterocycles. The zero-order valence-corrected chi connectivity index (χ0v) is 14.6. The molecule has 0 radical (unpaired) electrons. The Morgan fingerprint density at radius 2 is 1.50 bits per heavy atom. The summed E-state index contributed by atoms with van der Waals surface area (Å²) in [6, 6.07) is 26.3. The first-order valence-corrected chi connectivity index (χ1v) is 9.12. The first-order chi connectivity index (χ1) is 12.8.